The Labute approximate surface area is 134 Å². The molecule has 5 nitrogen and oxygen atoms in total. The van der Waals surface area contributed by atoms with Crippen LogP contribution in [-0.4, -0.2) is 23.1 Å². The minimum atomic E-state index is -0.743. The molecule has 1 atom stereocenters. The van der Waals surface area contributed by atoms with Crippen LogP contribution in [0.5, 0.6) is 0 Å². The number of nitrogens with zero attached hydrogens (tertiary/aromatic N) is 1. The van der Waals surface area contributed by atoms with Crippen molar-refractivity contribution in [3.05, 3.63) is 24.3 Å². The molecule has 1 aliphatic carbocycles. The van der Waals surface area contributed by atoms with Gasteiger partial charge in [0.15, 0.2) is 0 Å². The largest absolute Gasteiger partial charge is 0.337 e. The second kappa shape index (κ2) is 6.84. The van der Waals surface area contributed by atoms with Gasteiger partial charge in [0.25, 0.3) is 0 Å². The molecule has 22 heavy (non-hydrogen) atoms. The Morgan fingerprint density at radius 2 is 2.00 bits per heavy atom. The number of anilines is 1. The van der Waals surface area contributed by atoms with Crippen LogP contribution >= 0.6 is 11.8 Å². The molecular formula is C16H19N3O2S. The number of hydrogen-bond donors (Lipinski definition) is 2. The number of amides is 2. The van der Waals surface area contributed by atoms with Crippen molar-refractivity contribution in [2.75, 3.05) is 11.1 Å². The predicted molar refractivity (Wildman–Crippen MR) is 86.4 cm³/mol. The van der Waals surface area contributed by atoms with Crippen LogP contribution in [0.15, 0.2) is 29.2 Å². The van der Waals surface area contributed by atoms with Crippen LogP contribution in [0.4, 0.5) is 5.69 Å². The van der Waals surface area contributed by atoms with Crippen molar-refractivity contribution in [3.8, 4) is 6.07 Å². The maximum atomic E-state index is 12.0. The van der Waals surface area contributed by atoms with Crippen molar-refractivity contribution in [2.24, 2.45) is 5.92 Å². The molecule has 0 spiro atoms. The molecule has 0 saturated heterocycles. The number of hydrogen-bond acceptors (Lipinski definition) is 4. The molecule has 2 N–H and O–H groups in total. The first-order valence-electron chi connectivity index (χ1n) is 7.15. The first-order valence-corrected chi connectivity index (χ1v) is 8.14. The molecule has 2 amide bonds. The molecule has 1 fully saturated rings. The Kier molecular flexibility index (Phi) is 5.09. The molecule has 1 aromatic rings. The van der Waals surface area contributed by atoms with Gasteiger partial charge in [0.05, 0.1) is 11.8 Å². The lowest BCUT2D eigenvalue weighted by atomic mass is 9.98. The normalized spacial score (nSPS) is 16.2. The van der Waals surface area contributed by atoms with E-state index < -0.39 is 5.54 Å². The number of thioether (sulfide) groups is 1. The fraction of sp³-hybridized carbons (Fsp3) is 0.438. The predicted octanol–water partition coefficient (Wildman–Crippen LogP) is 2.55. The zero-order valence-electron chi connectivity index (χ0n) is 12.7. The van der Waals surface area contributed by atoms with E-state index in [1.54, 1.807) is 19.1 Å². The van der Waals surface area contributed by atoms with E-state index >= 15 is 0 Å². The van der Waals surface area contributed by atoms with Crippen LogP contribution in [0.1, 0.15) is 26.7 Å². The second-order valence-electron chi connectivity index (χ2n) is 5.63. The summed E-state index contributed by atoms with van der Waals surface area (Å²) in [4.78, 5) is 23.9. The Morgan fingerprint density at radius 1 is 1.36 bits per heavy atom. The monoisotopic (exact) mass is 317 g/mol. The highest BCUT2D eigenvalue weighted by molar-refractivity contribution is 8.00. The van der Waals surface area contributed by atoms with Gasteiger partial charge in [-0.25, -0.2) is 0 Å². The topological polar surface area (TPSA) is 82.0 Å². The highest BCUT2D eigenvalue weighted by Crippen LogP contribution is 2.39. The number of carbonyl (C=O) groups excluding carboxylic acids is 2. The van der Waals surface area contributed by atoms with Crippen molar-refractivity contribution in [3.63, 3.8) is 0 Å². The zero-order valence-corrected chi connectivity index (χ0v) is 13.5. The van der Waals surface area contributed by atoms with Crippen LogP contribution in [0.3, 0.4) is 0 Å². The van der Waals surface area contributed by atoms with Gasteiger partial charge < -0.3 is 10.6 Å². The standard InChI is InChI=1S/C16H19N3O2S/c1-11(20)18-13-5-7-14(8-6-13)22-9-15(21)19-16(2,10-17)12-3-4-12/h5-8,12H,3-4,9H2,1-2H3,(H,18,20)(H,19,21)/t16-/m0/s1. The van der Waals surface area contributed by atoms with Gasteiger partial charge >= 0.3 is 0 Å². The molecule has 6 heteroatoms. The van der Waals surface area contributed by atoms with Gasteiger partial charge in [0.1, 0.15) is 5.54 Å². The quantitative estimate of drug-likeness (QED) is 0.790. The minimum absolute atomic E-state index is 0.115. The van der Waals surface area contributed by atoms with Crippen LogP contribution in [0.2, 0.25) is 0 Å². The molecule has 0 radical (unpaired) electrons. The first-order chi connectivity index (χ1) is 10.4. The lowest BCUT2D eigenvalue weighted by Crippen LogP contribution is -2.47. The van der Waals surface area contributed by atoms with Crippen molar-refractivity contribution in [1.82, 2.24) is 5.32 Å². The van der Waals surface area contributed by atoms with E-state index in [-0.39, 0.29) is 23.5 Å². The minimum Gasteiger partial charge on any atom is -0.337 e. The summed E-state index contributed by atoms with van der Waals surface area (Å²) in [6.45, 7) is 3.24. The summed E-state index contributed by atoms with van der Waals surface area (Å²) in [6.07, 6.45) is 2.00. The van der Waals surface area contributed by atoms with Gasteiger partial charge in [-0.3, -0.25) is 9.59 Å². The van der Waals surface area contributed by atoms with Gasteiger partial charge in [0, 0.05) is 17.5 Å². The van der Waals surface area contributed by atoms with E-state index in [1.165, 1.54) is 18.7 Å². The lowest BCUT2D eigenvalue weighted by molar-refractivity contribution is -0.120. The molecule has 0 aromatic heterocycles. The molecule has 1 saturated carbocycles. The molecular weight excluding hydrogens is 298 g/mol. The van der Waals surface area contributed by atoms with E-state index in [4.69, 9.17) is 0 Å². The zero-order chi connectivity index (χ0) is 16.2. The summed E-state index contributed by atoms with van der Waals surface area (Å²) in [5, 5.41) is 14.8. The summed E-state index contributed by atoms with van der Waals surface area (Å²) < 4.78 is 0. The highest BCUT2D eigenvalue weighted by Gasteiger charge is 2.42. The Hall–Kier alpha value is -2.00. The van der Waals surface area contributed by atoms with Gasteiger partial charge in [-0.2, -0.15) is 5.26 Å². The molecule has 0 unspecified atom stereocenters. The molecule has 1 aliphatic rings. The van der Waals surface area contributed by atoms with Gasteiger partial charge in [-0.05, 0) is 49.9 Å². The maximum absolute atomic E-state index is 12.0. The molecule has 0 heterocycles. The SMILES string of the molecule is CC(=O)Nc1ccc(SCC(=O)N[C@@](C)(C#N)C2CC2)cc1. The third-order valence-corrected chi connectivity index (χ3v) is 4.58. The number of nitrogens with one attached hydrogen (secondary N) is 2. The highest BCUT2D eigenvalue weighted by atomic mass is 32.2. The number of benzene rings is 1. The van der Waals surface area contributed by atoms with Crippen LogP contribution in [0, 0.1) is 17.2 Å². The summed E-state index contributed by atoms with van der Waals surface area (Å²) in [6, 6.07) is 9.52. The fourth-order valence-electron chi connectivity index (χ4n) is 2.19. The Bertz CT molecular complexity index is 605. The van der Waals surface area contributed by atoms with Crippen molar-refractivity contribution < 1.29 is 9.59 Å². The molecule has 0 aliphatic heterocycles. The van der Waals surface area contributed by atoms with Crippen LogP contribution in [0.25, 0.3) is 0 Å². The van der Waals surface area contributed by atoms with Gasteiger partial charge in [-0.15, -0.1) is 11.8 Å². The first kappa shape index (κ1) is 16.4. The van der Waals surface area contributed by atoms with E-state index in [0.29, 0.717) is 0 Å². The van der Waals surface area contributed by atoms with Crippen molar-refractivity contribution in [2.45, 2.75) is 37.1 Å². The summed E-state index contributed by atoms with van der Waals surface area (Å²) in [5.41, 5.74) is -0.0144. The third-order valence-electron chi connectivity index (χ3n) is 3.57. The number of nitriles is 1. The van der Waals surface area contributed by atoms with E-state index in [2.05, 4.69) is 16.7 Å². The van der Waals surface area contributed by atoms with Crippen molar-refractivity contribution in [1.29, 1.82) is 5.26 Å². The average molecular weight is 317 g/mol. The van der Waals surface area contributed by atoms with Gasteiger partial charge in [0.2, 0.25) is 11.8 Å². The smallest absolute Gasteiger partial charge is 0.231 e. The number of carbonyl (C=O) groups is 2. The molecule has 2 rings (SSSR count). The van der Waals surface area contributed by atoms with E-state index in [0.717, 1.165) is 23.4 Å². The van der Waals surface area contributed by atoms with E-state index in [9.17, 15) is 14.9 Å². The van der Waals surface area contributed by atoms with Crippen LogP contribution < -0.4 is 10.6 Å². The Morgan fingerprint density at radius 3 is 2.50 bits per heavy atom. The third kappa shape index (κ3) is 4.50. The molecule has 1 aromatic carbocycles. The fourth-order valence-corrected chi connectivity index (χ4v) is 2.89. The second-order valence-corrected chi connectivity index (χ2v) is 6.68. The molecule has 0 bridgehead atoms. The summed E-state index contributed by atoms with van der Waals surface area (Å²) >= 11 is 1.41. The Balaban J connectivity index is 1.83. The summed E-state index contributed by atoms with van der Waals surface area (Å²) in [5.74, 6) is 0.301. The maximum Gasteiger partial charge on any atom is 0.231 e. The number of rotatable bonds is 6. The van der Waals surface area contributed by atoms with E-state index in [1.807, 2.05) is 12.1 Å². The average Bonchev–Trinajstić information content (AvgIpc) is 3.31. The lowest BCUT2D eigenvalue weighted by Gasteiger charge is -2.22. The summed E-state index contributed by atoms with van der Waals surface area (Å²) in [7, 11) is 0. The van der Waals surface area contributed by atoms with Gasteiger partial charge in [-0.1, -0.05) is 0 Å². The van der Waals surface area contributed by atoms with Crippen LogP contribution in [-0.2, 0) is 9.59 Å². The molecule has 116 valence electrons. The van der Waals surface area contributed by atoms with Crippen molar-refractivity contribution >= 4 is 29.3 Å².